The molecule has 1 saturated carbocycles. The number of nitrogens with zero attached hydrogens (tertiary/aromatic N) is 1. The van der Waals surface area contributed by atoms with E-state index in [1.165, 1.54) is 22.7 Å². The van der Waals surface area contributed by atoms with Gasteiger partial charge in [-0.1, -0.05) is 40.5 Å². The Bertz CT molecular complexity index is 726. The molecule has 0 radical (unpaired) electrons. The molecule has 6 heteroatoms. The normalized spacial score (nSPS) is 15.3. The maximum atomic E-state index is 12.5. The second-order valence-electron chi connectivity index (χ2n) is 6.43. The zero-order chi connectivity index (χ0) is 17.8. The van der Waals surface area contributed by atoms with Gasteiger partial charge in [0.05, 0.1) is 17.5 Å². The topological polar surface area (TPSA) is 49.4 Å². The van der Waals surface area contributed by atoms with E-state index in [4.69, 9.17) is 0 Å². The summed E-state index contributed by atoms with van der Waals surface area (Å²) in [5.41, 5.74) is 1.12. The molecule has 0 aliphatic heterocycles. The van der Waals surface area contributed by atoms with Gasteiger partial charge >= 0.3 is 0 Å². The fourth-order valence-corrected chi connectivity index (χ4v) is 3.99. The third kappa shape index (κ3) is 4.50. The summed E-state index contributed by atoms with van der Waals surface area (Å²) < 4.78 is 1.02. The fourth-order valence-electron chi connectivity index (χ4n) is 3.01. The number of nitrogens with one attached hydrogen (secondary N) is 1. The van der Waals surface area contributed by atoms with Crippen LogP contribution in [0.5, 0.6) is 0 Å². The number of rotatable bonds is 6. The Kier molecular flexibility index (Phi) is 5.91. The molecule has 1 aromatic heterocycles. The van der Waals surface area contributed by atoms with Gasteiger partial charge in [0.2, 0.25) is 5.91 Å². The van der Waals surface area contributed by atoms with Crippen LogP contribution < -0.4 is 5.32 Å². The highest BCUT2D eigenvalue weighted by Crippen LogP contribution is 2.38. The summed E-state index contributed by atoms with van der Waals surface area (Å²) in [5.74, 6) is 0.240. The Morgan fingerprint density at radius 2 is 2.00 bits per heavy atom. The number of benzene rings is 1. The van der Waals surface area contributed by atoms with Crippen LogP contribution in [0, 0.1) is 5.92 Å². The van der Waals surface area contributed by atoms with E-state index in [2.05, 4.69) is 21.2 Å². The summed E-state index contributed by atoms with van der Waals surface area (Å²) in [6.45, 7) is 0.0660. The number of amides is 2. The van der Waals surface area contributed by atoms with Crippen molar-refractivity contribution in [3.8, 4) is 0 Å². The van der Waals surface area contributed by atoms with Crippen molar-refractivity contribution >= 4 is 39.1 Å². The van der Waals surface area contributed by atoms with Crippen LogP contribution in [0.4, 0.5) is 0 Å². The van der Waals surface area contributed by atoms with E-state index in [0.29, 0.717) is 10.8 Å². The molecule has 1 aromatic carbocycles. The Morgan fingerprint density at radius 3 is 2.56 bits per heavy atom. The zero-order valence-electron chi connectivity index (χ0n) is 14.1. The first-order valence-corrected chi connectivity index (χ1v) is 10.1. The molecule has 0 bridgehead atoms. The molecule has 1 heterocycles. The van der Waals surface area contributed by atoms with Gasteiger partial charge in [0.15, 0.2) is 0 Å². The molecule has 0 spiro atoms. The molecule has 1 aliphatic rings. The number of likely N-dealkylation sites (N-methyl/N-ethyl adjacent to an activating group) is 1. The molecular weight excluding hydrogens is 400 g/mol. The van der Waals surface area contributed by atoms with E-state index in [1.54, 1.807) is 13.1 Å². The van der Waals surface area contributed by atoms with Crippen LogP contribution in [0.3, 0.4) is 0 Å². The standard InChI is InChI=1S/C19H21BrN2O2S/c1-22(19(24)16-6-3-11-25-16)12-17(23)21-18(13-4-2-5-13)14-7-9-15(20)10-8-14/h3,6-11,13,18H,2,4-5,12H2,1H3,(H,21,23). The Balaban J connectivity index is 1.64. The van der Waals surface area contributed by atoms with Gasteiger partial charge in [0.1, 0.15) is 0 Å². The van der Waals surface area contributed by atoms with E-state index in [0.717, 1.165) is 22.9 Å². The van der Waals surface area contributed by atoms with Gasteiger partial charge in [0, 0.05) is 11.5 Å². The van der Waals surface area contributed by atoms with Crippen molar-refractivity contribution in [2.45, 2.75) is 25.3 Å². The van der Waals surface area contributed by atoms with Crippen LogP contribution in [-0.2, 0) is 4.79 Å². The molecule has 3 rings (SSSR count). The number of carbonyl (C=O) groups is 2. The van der Waals surface area contributed by atoms with Crippen LogP contribution in [0.2, 0.25) is 0 Å². The molecule has 132 valence electrons. The first-order valence-electron chi connectivity index (χ1n) is 8.38. The lowest BCUT2D eigenvalue weighted by molar-refractivity contribution is -0.123. The van der Waals surface area contributed by atoms with Crippen LogP contribution >= 0.6 is 27.3 Å². The van der Waals surface area contributed by atoms with Gasteiger partial charge in [-0.2, -0.15) is 0 Å². The monoisotopic (exact) mass is 420 g/mol. The molecule has 1 aliphatic carbocycles. The van der Waals surface area contributed by atoms with Crippen molar-refractivity contribution in [1.82, 2.24) is 10.2 Å². The van der Waals surface area contributed by atoms with Crippen LogP contribution in [-0.4, -0.2) is 30.3 Å². The first kappa shape index (κ1) is 18.1. The van der Waals surface area contributed by atoms with Crippen molar-refractivity contribution in [3.63, 3.8) is 0 Å². The first-order chi connectivity index (χ1) is 12.0. The smallest absolute Gasteiger partial charge is 0.264 e. The van der Waals surface area contributed by atoms with Crippen LogP contribution in [0.15, 0.2) is 46.3 Å². The summed E-state index contributed by atoms with van der Waals surface area (Å²) in [5, 5.41) is 5.00. The molecule has 2 aromatic rings. The highest BCUT2D eigenvalue weighted by Gasteiger charge is 2.30. The lowest BCUT2D eigenvalue weighted by Gasteiger charge is -2.35. The number of thiophene rings is 1. The van der Waals surface area contributed by atoms with E-state index in [-0.39, 0.29) is 24.4 Å². The maximum Gasteiger partial charge on any atom is 0.264 e. The molecular formula is C19H21BrN2O2S. The van der Waals surface area contributed by atoms with Crippen LogP contribution in [0.25, 0.3) is 0 Å². The minimum absolute atomic E-state index is 0.0135. The third-order valence-corrected chi connectivity index (χ3v) is 6.01. The van der Waals surface area contributed by atoms with Gasteiger partial charge in [-0.15, -0.1) is 11.3 Å². The summed E-state index contributed by atoms with van der Waals surface area (Å²) in [6.07, 6.45) is 3.47. The van der Waals surface area contributed by atoms with Gasteiger partial charge in [-0.05, 0) is 47.9 Å². The predicted octanol–water partition coefficient (Wildman–Crippen LogP) is 4.24. The lowest BCUT2D eigenvalue weighted by Crippen LogP contribution is -2.42. The summed E-state index contributed by atoms with van der Waals surface area (Å²) >= 11 is 4.84. The molecule has 1 atom stereocenters. The van der Waals surface area contributed by atoms with Gasteiger partial charge in [-0.25, -0.2) is 0 Å². The summed E-state index contributed by atoms with van der Waals surface area (Å²) in [7, 11) is 1.67. The Hall–Kier alpha value is -1.66. The van der Waals surface area contributed by atoms with Crippen molar-refractivity contribution in [2.75, 3.05) is 13.6 Å². The molecule has 1 N–H and O–H groups in total. The predicted molar refractivity (Wildman–Crippen MR) is 104 cm³/mol. The molecule has 4 nitrogen and oxygen atoms in total. The number of hydrogen-bond donors (Lipinski definition) is 1. The molecule has 0 saturated heterocycles. The molecule has 1 fully saturated rings. The second-order valence-corrected chi connectivity index (χ2v) is 8.29. The summed E-state index contributed by atoms with van der Waals surface area (Å²) in [6, 6.07) is 11.7. The zero-order valence-corrected chi connectivity index (χ0v) is 16.5. The van der Waals surface area contributed by atoms with Crippen molar-refractivity contribution in [3.05, 3.63) is 56.7 Å². The van der Waals surface area contributed by atoms with E-state index < -0.39 is 0 Å². The van der Waals surface area contributed by atoms with Gasteiger partial charge in [0.25, 0.3) is 5.91 Å². The fraction of sp³-hybridized carbons (Fsp3) is 0.368. The number of hydrogen-bond acceptors (Lipinski definition) is 3. The van der Waals surface area contributed by atoms with Gasteiger partial charge < -0.3 is 10.2 Å². The van der Waals surface area contributed by atoms with E-state index in [9.17, 15) is 9.59 Å². The van der Waals surface area contributed by atoms with E-state index >= 15 is 0 Å². The Labute approximate surface area is 160 Å². The van der Waals surface area contributed by atoms with Crippen molar-refractivity contribution in [2.24, 2.45) is 5.92 Å². The lowest BCUT2D eigenvalue weighted by atomic mass is 9.77. The quantitative estimate of drug-likeness (QED) is 0.759. The third-order valence-electron chi connectivity index (χ3n) is 4.63. The molecule has 2 amide bonds. The maximum absolute atomic E-state index is 12.5. The van der Waals surface area contributed by atoms with Crippen LogP contribution in [0.1, 0.15) is 40.5 Å². The Morgan fingerprint density at radius 1 is 1.28 bits per heavy atom. The summed E-state index contributed by atoms with van der Waals surface area (Å²) in [4.78, 5) is 26.9. The second kappa shape index (κ2) is 8.15. The van der Waals surface area contributed by atoms with Gasteiger partial charge in [-0.3, -0.25) is 9.59 Å². The molecule has 25 heavy (non-hydrogen) atoms. The van der Waals surface area contributed by atoms with E-state index in [1.807, 2.05) is 35.7 Å². The average molecular weight is 421 g/mol. The number of carbonyl (C=O) groups excluding carboxylic acids is 2. The van der Waals surface area contributed by atoms with Crippen molar-refractivity contribution in [1.29, 1.82) is 0 Å². The minimum Gasteiger partial charge on any atom is -0.347 e. The SMILES string of the molecule is CN(CC(=O)NC(c1ccc(Br)cc1)C1CCC1)C(=O)c1cccs1. The highest BCUT2D eigenvalue weighted by atomic mass is 79.9. The molecule has 1 unspecified atom stereocenters. The highest BCUT2D eigenvalue weighted by molar-refractivity contribution is 9.10. The van der Waals surface area contributed by atoms with Crippen molar-refractivity contribution < 1.29 is 9.59 Å². The largest absolute Gasteiger partial charge is 0.347 e. The average Bonchev–Trinajstić information content (AvgIpc) is 3.07. The minimum atomic E-state index is -0.118. The number of halogens is 1.